The normalized spacial score (nSPS) is 12.3. The zero-order valence-electron chi connectivity index (χ0n) is 6.83. The van der Waals surface area contributed by atoms with E-state index in [2.05, 4.69) is 24.6 Å². The number of thiophene rings is 1. The van der Waals surface area contributed by atoms with Crippen LogP contribution in [0.4, 0.5) is 0 Å². The van der Waals surface area contributed by atoms with Gasteiger partial charge < -0.3 is 5.73 Å². The minimum atomic E-state index is 0. The van der Waals surface area contributed by atoms with E-state index in [-0.39, 0.29) is 18.4 Å². The Hall–Kier alpha value is -0.0500. The largest absolute Gasteiger partial charge is 0.324 e. The molecule has 1 atom stereocenters. The lowest BCUT2D eigenvalue weighted by Gasteiger charge is -2.06. The Morgan fingerprint density at radius 3 is 2.55 bits per heavy atom. The van der Waals surface area contributed by atoms with Gasteiger partial charge in [-0.25, -0.2) is 0 Å². The highest BCUT2D eigenvalue weighted by Crippen LogP contribution is 2.21. The van der Waals surface area contributed by atoms with Gasteiger partial charge in [0, 0.05) is 6.04 Å². The van der Waals surface area contributed by atoms with Crippen LogP contribution in [-0.2, 0) is 0 Å². The van der Waals surface area contributed by atoms with Gasteiger partial charge in [-0.1, -0.05) is 6.92 Å². The van der Waals surface area contributed by atoms with Crippen molar-refractivity contribution in [3.8, 4) is 0 Å². The van der Waals surface area contributed by atoms with Crippen LogP contribution in [0.15, 0.2) is 10.8 Å². The average molecular weight is 192 g/mol. The Morgan fingerprint density at radius 2 is 2.18 bits per heavy atom. The predicted octanol–water partition coefficient (Wildman–Crippen LogP) is 2.89. The highest BCUT2D eigenvalue weighted by molar-refractivity contribution is 7.08. The molecule has 0 aromatic carbocycles. The highest BCUT2D eigenvalue weighted by Gasteiger charge is 2.05. The van der Waals surface area contributed by atoms with Crippen molar-refractivity contribution in [2.75, 3.05) is 0 Å². The molecular formula is C8H14ClNS. The first-order chi connectivity index (χ1) is 4.75. The third-order valence-electron chi connectivity index (χ3n) is 1.73. The molecule has 0 bridgehead atoms. The second kappa shape index (κ2) is 4.75. The van der Waals surface area contributed by atoms with Crippen molar-refractivity contribution < 1.29 is 0 Å². The molecule has 1 rings (SSSR count). The monoisotopic (exact) mass is 191 g/mol. The summed E-state index contributed by atoms with van der Waals surface area (Å²) in [5, 5.41) is 4.29. The predicted molar refractivity (Wildman–Crippen MR) is 53.5 cm³/mol. The van der Waals surface area contributed by atoms with Crippen LogP contribution in [0, 0.1) is 6.92 Å². The standard InChI is InChI=1S/C8H13NS.ClH/c1-3-8(9)7-5-10-4-6(7)2;/h4-5,8H,3,9H2,1-2H3;1H. The van der Waals surface area contributed by atoms with E-state index in [1.807, 2.05) is 0 Å². The molecule has 0 aliphatic rings. The fourth-order valence-corrected chi connectivity index (χ4v) is 1.89. The van der Waals surface area contributed by atoms with E-state index in [1.54, 1.807) is 11.3 Å². The van der Waals surface area contributed by atoms with Crippen molar-refractivity contribution in [1.82, 2.24) is 0 Å². The molecule has 1 heterocycles. The van der Waals surface area contributed by atoms with Crippen LogP contribution >= 0.6 is 23.7 Å². The maximum atomic E-state index is 5.85. The van der Waals surface area contributed by atoms with E-state index < -0.39 is 0 Å². The summed E-state index contributed by atoms with van der Waals surface area (Å²) in [6.45, 7) is 4.23. The van der Waals surface area contributed by atoms with Crippen molar-refractivity contribution in [3.05, 3.63) is 21.9 Å². The first-order valence-electron chi connectivity index (χ1n) is 3.54. The van der Waals surface area contributed by atoms with Gasteiger partial charge in [0.25, 0.3) is 0 Å². The summed E-state index contributed by atoms with van der Waals surface area (Å²) in [6.07, 6.45) is 1.03. The van der Waals surface area contributed by atoms with Gasteiger partial charge in [0.05, 0.1) is 0 Å². The molecule has 1 aromatic heterocycles. The van der Waals surface area contributed by atoms with Crippen molar-refractivity contribution in [2.24, 2.45) is 5.73 Å². The van der Waals surface area contributed by atoms with Gasteiger partial charge in [-0.3, -0.25) is 0 Å². The maximum absolute atomic E-state index is 5.85. The molecule has 0 aliphatic carbocycles. The lowest BCUT2D eigenvalue weighted by atomic mass is 10.1. The quantitative estimate of drug-likeness (QED) is 0.765. The van der Waals surface area contributed by atoms with Crippen molar-refractivity contribution in [1.29, 1.82) is 0 Å². The molecule has 0 radical (unpaired) electrons. The van der Waals surface area contributed by atoms with Crippen molar-refractivity contribution in [3.63, 3.8) is 0 Å². The van der Waals surface area contributed by atoms with Gasteiger partial charge in [0.1, 0.15) is 0 Å². The van der Waals surface area contributed by atoms with E-state index in [0.717, 1.165) is 6.42 Å². The van der Waals surface area contributed by atoms with Gasteiger partial charge >= 0.3 is 0 Å². The third kappa shape index (κ3) is 2.47. The molecule has 11 heavy (non-hydrogen) atoms. The van der Waals surface area contributed by atoms with Crippen LogP contribution < -0.4 is 5.73 Å². The van der Waals surface area contributed by atoms with Crippen LogP contribution in [0.5, 0.6) is 0 Å². The van der Waals surface area contributed by atoms with Gasteiger partial charge in [-0.15, -0.1) is 12.4 Å². The zero-order valence-corrected chi connectivity index (χ0v) is 8.47. The number of hydrogen-bond acceptors (Lipinski definition) is 2. The van der Waals surface area contributed by atoms with Crippen molar-refractivity contribution in [2.45, 2.75) is 26.3 Å². The second-order valence-corrected chi connectivity index (χ2v) is 3.27. The molecule has 0 fully saturated rings. The minimum absolute atomic E-state index is 0. The Labute approximate surface area is 78.0 Å². The fourth-order valence-electron chi connectivity index (χ4n) is 0.970. The molecule has 1 nitrogen and oxygen atoms in total. The Bertz CT molecular complexity index is 210. The molecule has 0 spiro atoms. The third-order valence-corrected chi connectivity index (χ3v) is 2.61. The molecular weight excluding hydrogens is 178 g/mol. The summed E-state index contributed by atoms with van der Waals surface area (Å²) in [4.78, 5) is 0. The molecule has 0 saturated heterocycles. The minimum Gasteiger partial charge on any atom is -0.324 e. The molecule has 1 aromatic rings. The number of halogens is 1. The number of nitrogens with two attached hydrogens (primary N) is 1. The SMILES string of the molecule is CCC(N)c1cscc1C.Cl. The molecule has 64 valence electrons. The molecule has 2 N–H and O–H groups in total. The van der Waals surface area contributed by atoms with E-state index in [4.69, 9.17) is 5.73 Å². The lowest BCUT2D eigenvalue weighted by molar-refractivity contribution is 0.697. The molecule has 0 saturated carbocycles. The van der Waals surface area contributed by atoms with E-state index in [1.165, 1.54) is 11.1 Å². The van der Waals surface area contributed by atoms with Crippen LogP contribution in [0.2, 0.25) is 0 Å². The molecule has 0 amide bonds. The molecule has 3 heteroatoms. The fraction of sp³-hybridized carbons (Fsp3) is 0.500. The Morgan fingerprint density at radius 1 is 1.55 bits per heavy atom. The van der Waals surface area contributed by atoms with Gasteiger partial charge in [-0.2, -0.15) is 11.3 Å². The van der Waals surface area contributed by atoms with Crippen LogP contribution in [0.3, 0.4) is 0 Å². The summed E-state index contributed by atoms with van der Waals surface area (Å²) >= 11 is 1.73. The molecule has 0 aliphatic heterocycles. The average Bonchev–Trinajstić information content (AvgIpc) is 2.34. The highest BCUT2D eigenvalue weighted by atomic mass is 35.5. The van der Waals surface area contributed by atoms with Crippen molar-refractivity contribution >= 4 is 23.7 Å². The van der Waals surface area contributed by atoms with Crippen LogP contribution in [0.1, 0.15) is 30.5 Å². The van der Waals surface area contributed by atoms with Crippen LogP contribution in [-0.4, -0.2) is 0 Å². The smallest absolute Gasteiger partial charge is 0.0303 e. The Balaban J connectivity index is 0.000001000. The summed E-state index contributed by atoms with van der Waals surface area (Å²) in [5.41, 5.74) is 8.49. The zero-order chi connectivity index (χ0) is 7.56. The topological polar surface area (TPSA) is 26.0 Å². The summed E-state index contributed by atoms with van der Waals surface area (Å²) in [6, 6.07) is 0.242. The maximum Gasteiger partial charge on any atom is 0.0303 e. The van der Waals surface area contributed by atoms with Gasteiger partial charge in [0.15, 0.2) is 0 Å². The van der Waals surface area contributed by atoms with E-state index >= 15 is 0 Å². The number of hydrogen-bond donors (Lipinski definition) is 1. The lowest BCUT2D eigenvalue weighted by Crippen LogP contribution is -2.08. The summed E-state index contributed by atoms with van der Waals surface area (Å²) < 4.78 is 0. The Kier molecular flexibility index (Phi) is 4.73. The van der Waals surface area contributed by atoms with Gasteiger partial charge in [-0.05, 0) is 35.2 Å². The first-order valence-corrected chi connectivity index (χ1v) is 4.48. The van der Waals surface area contributed by atoms with Gasteiger partial charge in [0.2, 0.25) is 0 Å². The summed E-state index contributed by atoms with van der Waals surface area (Å²) in [7, 11) is 0. The van der Waals surface area contributed by atoms with E-state index in [9.17, 15) is 0 Å². The van der Waals surface area contributed by atoms with E-state index in [0.29, 0.717) is 0 Å². The molecule has 1 unspecified atom stereocenters. The summed E-state index contributed by atoms with van der Waals surface area (Å²) in [5.74, 6) is 0. The first kappa shape index (κ1) is 11.0. The van der Waals surface area contributed by atoms with Crippen LogP contribution in [0.25, 0.3) is 0 Å². The number of aryl methyl sites for hydroxylation is 1. The second-order valence-electron chi connectivity index (χ2n) is 2.52. The number of rotatable bonds is 2.